The Balaban J connectivity index is 2.80. The number of alkyl halides is 1. The monoisotopic (exact) mass is 260 g/mol. The van der Waals surface area contributed by atoms with Crippen LogP contribution in [0.5, 0.6) is 5.75 Å². The quantitative estimate of drug-likeness (QED) is 0.673. The molecule has 1 rings (SSSR count). The average molecular weight is 261 g/mol. The van der Waals surface area contributed by atoms with E-state index in [0.717, 1.165) is 24.2 Å². The molecule has 1 aromatic carbocycles. The molecule has 0 aliphatic rings. The van der Waals surface area contributed by atoms with Crippen LogP contribution in [0, 0.1) is 5.92 Å². The summed E-state index contributed by atoms with van der Waals surface area (Å²) in [5.74, 6) is 1.47. The molecular formula is C13H18Cl2O. The molecule has 0 spiro atoms. The molecule has 1 unspecified atom stereocenters. The lowest BCUT2D eigenvalue weighted by molar-refractivity contribution is 0.407. The van der Waals surface area contributed by atoms with Crippen molar-refractivity contribution in [3.05, 3.63) is 28.8 Å². The largest absolute Gasteiger partial charge is 0.496 e. The number of benzene rings is 1. The van der Waals surface area contributed by atoms with Crippen molar-refractivity contribution in [1.82, 2.24) is 0 Å². The predicted molar refractivity (Wildman–Crippen MR) is 70.7 cm³/mol. The second-order valence-electron chi connectivity index (χ2n) is 4.33. The van der Waals surface area contributed by atoms with Crippen LogP contribution in [-0.2, 0) is 0 Å². The summed E-state index contributed by atoms with van der Waals surface area (Å²) in [6.07, 6.45) is 2.04. The second-order valence-corrected chi connectivity index (χ2v) is 5.29. The molecule has 0 bridgehead atoms. The zero-order valence-corrected chi connectivity index (χ0v) is 11.5. The third-order valence-corrected chi connectivity index (χ3v) is 3.22. The zero-order chi connectivity index (χ0) is 12.1. The molecule has 0 N–H and O–H groups in total. The van der Waals surface area contributed by atoms with Crippen LogP contribution < -0.4 is 4.74 Å². The van der Waals surface area contributed by atoms with Gasteiger partial charge in [0.15, 0.2) is 0 Å². The molecular weight excluding hydrogens is 243 g/mol. The minimum absolute atomic E-state index is 0.0314. The number of hydrogen-bond donors (Lipinski definition) is 0. The van der Waals surface area contributed by atoms with Crippen LogP contribution in [0.15, 0.2) is 18.2 Å². The molecule has 1 aromatic rings. The van der Waals surface area contributed by atoms with Crippen molar-refractivity contribution in [3.8, 4) is 5.75 Å². The Morgan fingerprint density at radius 2 is 1.94 bits per heavy atom. The highest BCUT2D eigenvalue weighted by atomic mass is 35.5. The van der Waals surface area contributed by atoms with Gasteiger partial charge in [0, 0.05) is 10.6 Å². The third-order valence-electron chi connectivity index (χ3n) is 2.53. The molecule has 3 heteroatoms. The van der Waals surface area contributed by atoms with E-state index >= 15 is 0 Å². The van der Waals surface area contributed by atoms with Crippen molar-refractivity contribution < 1.29 is 4.74 Å². The fraction of sp³-hybridized carbons (Fsp3) is 0.538. The zero-order valence-electron chi connectivity index (χ0n) is 9.97. The first-order valence-electron chi connectivity index (χ1n) is 5.52. The fourth-order valence-corrected chi connectivity index (χ4v) is 2.06. The van der Waals surface area contributed by atoms with Crippen molar-refractivity contribution >= 4 is 23.2 Å². The summed E-state index contributed by atoms with van der Waals surface area (Å²) in [7, 11) is 1.65. The van der Waals surface area contributed by atoms with Gasteiger partial charge in [-0.15, -0.1) is 11.6 Å². The van der Waals surface area contributed by atoms with Gasteiger partial charge in [-0.05, 0) is 37.0 Å². The van der Waals surface area contributed by atoms with Gasteiger partial charge in [0.2, 0.25) is 0 Å². The van der Waals surface area contributed by atoms with Crippen LogP contribution in [0.4, 0.5) is 0 Å². The van der Waals surface area contributed by atoms with Crippen molar-refractivity contribution in [2.75, 3.05) is 7.11 Å². The van der Waals surface area contributed by atoms with Gasteiger partial charge >= 0.3 is 0 Å². The first-order valence-corrected chi connectivity index (χ1v) is 6.33. The van der Waals surface area contributed by atoms with Crippen molar-refractivity contribution in [2.45, 2.75) is 32.1 Å². The number of ether oxygens (including phenoxy) is 1. The molecule has 0 aliphatic heterocycles. The smallest absolute Gasteiger partial charge is 0.123 e. The van der Waals surface area contributed by atoms with Gasteiger partial charge in [-0.2, -0.15) is 0 Å². The molecule has 16 heavy (non-hydrogen) atoms. The minimum Gasteiger partial charge on any atom is -0.496 e. The first-order chi connectivity index (χ1) is 7.54. The van der Waals surface area contributed by atoms with E-state index in [4.69, 9.17) is 27.9 Å². The number of hydrogen-bond acceptors (Lipinski definition) is 1. The normalized spacial score (nSPS) is 12.9. The Morgan fingerprint density at radius 3 is 2.50 bits per heavy atom. The molecule has 0 saturated carbocycles. The molecule has 0 saturated heterocycles. The molecule has 0 amide bonds. The maximum atomic E-state index is 6.37. The van der Waals surface area contributed by atoms with E-state index in [1.807, 2.05) is 18.2 Å². The van der Waals surface area contributed by atoms with Gasteiger partial charge in [0.1, 0.15) is 5.75 Å². The van der Waals surface area contributed by atoms with E-state index in [9.17, 15) is 0 Å². The summed E-state index contributed by atoms with van der Waals surface area (Å²) in [4.78, 5) is 0. The van der Waals surface area contributed by atoms with Crippen molar-refractivity contribution in [2.24, 2.45) is 5.92 Å². The van der Waals surface area contributed by atoms with E-state index in [-0.39, 0.29) is 5.38 Å². The standard InChI is InChI=1S/C13H18Cl2O/c1-9(2)4-6-12(15)11-8-10(14)5-7-13(11)16-3/h5,7-9,12H,4,6H2,1-3H3. The average Bonchev–Trinajstić information content (AvgIpc) is 2.25. The molecule has 0 aromatic heterocycles. The lowest BCUT2D eigenvalue weighted by Gasteiger charge is -2.15. The van der Waals surface area contributed by atoms with E-state index in [1.54, 1.807) is 7.11 Å². The third kappa shape index (κ3) is 3.88. The van der Waals surface area contributed by atoms with Crippen LogP contribution in [0.25, 0.3) is 0 Å². The van der Waals surface area contributed by atoms with Gasteiger partial charge in [-0.1, -0.05) is 25.4 Å². The van der Waals surface area contributed by atoms with Crippen LogP contribution in [0.2, 0.25) is 5.02 Å². The SMILES string of the molecule is COc1ccc(Cl)cc1C(Cl)CCC(C)C. The predicted octanol–water partition coefficient (Wildman–Crippen LogP) is 5.06. The van der Waals surface area contributed by atoms with Gasteiger partial charge in [0.05, 0.1) is 12.5 Å². The molecule has 0 fully saturated rings. The highest BCUT2D eigenvalue weighted by Gasteiger charge is 2.14. The summed E-state index contributed by atoms with van der Waals surface area (Å²) in [6, 6.07) is 5.57. The van der Waals surface area contributed by atoms with Gasteiger partial charge in [0.25, 0.3) is 0 Å². The Hall–Kier alpha value is -0.400. The maximum absolute atomic E-state index is 6.37. The van der Waals surface area contributed by atoms with E-state index in [0.29, 0.717) is 10.9 Å². The highest BCUT2D eigenvalue weighted by Crippen LogP contribution is 2.35. The summed E-state index contributed by atoms with van der Waals surface area (Å²) < 4.78 is 5.29. The number of methoxy groups -OCH3 is 1. The molecule has 0 heterocycles. The van der Waals surface area contributed by atoms with Crippen LogP contribution >= 0.6 is 23.2 Å². The summed E-state index contributed by atoms with van der Waals surface area (Å²) in [6.45, 7) is 4.39. The van der Waals surface area contributed by atoms with Crippen LogP contribution in [0.1, 0.15) is 37.6 Å². The maximum Gasteiger partial charge on any atom is 0.123 e. The van der Waals surface area contributed by atoms with Crippen LogP contribution in [0.3, 0.4) is 0 Å². The van der Waals surface area contributed by atoms with Crippen molar-refractivity contribution in [1.29, 1.82) is 0 Å². The molecule has 0 radical (unpaired) electrons. The summed E-state index contributed by atoms with van der Waals surface area (Å²) in [5.41, 5.74) is 0.984. The van der Waals surface area contributed by atoms with Gasteiger partial charge < -0.3 is 4.74 Å². The Morgan fingerprint density at radius 1 is 1.25 bits per heavy atom. The Kier molecular flexibility index (Phi) is 5.43. The number of halogens is 2. The summed E-state index contributed by atoms with van der Waals surface area (Å²) in [5, 5.41) is 0.669. The molecule has 0 aliphatic carbocycles. The van der Waals surface area contributed by atoms with Gasteiger partial charge in [-0.25, -0.2) is 0 Å². The van der Waals surface area contributed by atoms with Crippen LogP contribution in [-0.4, -0.2) is 7.11 Å². The highest BCUT2D eigenvalue weighted by molar-refractivity contribution is 6.30. The summed E-state index contributed by atoms with van der Waals surface area (Å²) >= 11 is 12.3. The lowest BCUT2D eigenvalue weighted by atomic mass is 10.0. The van der Waals surface area contributed by atoms with E-state index in [2.05, 4.69) is 13.8 Å². The van der Waals surface area contributed by atoms with E-state index in [1.165, 1.54) is 0 Å². The van der Waals surface area contributed by atoms with E-state index < -0.39 is 0 Å². The second kappa shape index (κ2) is 6.36. The topological polar surface area (TPSA) is 9.23 Å². The Bertz CT molecular complexity index is 337. The molecule has 1 nitrogen and oxygen atoms in total. The Labute approximate surface area is 108 Å². The fourth-order valence-electron chi connectivity index (χ4n) is 1.59. The lowest BCUT2D eigenvalue weighted by Crippen LogP contribution is -1.98. The van der Waals surface area contributed by atoms with Gasteiger partial charge in [-0.3, -0.25) is 0 Å². The van der Waals surface area contributed by atoms with Crippen molar-refractivity contribution in [3.63, 3.8) is 0 Å². The minimum atomic E-state index is -0.0314. The molecule has 90 valence electrons. The number of rotatable bonds is 5. The molecule has 1 atom stereocenters. The first kappa shape index (κ1) is 13.7.